The number of rotatable bonds is 5. The van der Waals surface area contributed by atoms with Crippen molar-refractivity contribution in [1.29, 1.82) is 0 Å². The molecule has 5 heteroatoms. The summed E-state index contributed by atoms with van der Waals surface area (Å²) in [6.45, 7) is 8.31. The Morgan fingerprint density at radius 3 is 2.74 bits per heavy atom. The van der Waals surface area contributed by atoms with Crippen molar-refractivity contribution in [3.8, 4) is 0 Å². The van der Waals surface area contributed by atoms with E-state index < -0.39 is 0 Å². The van der Waals surface area contributed by atoms with Crippen LogP contribution >= 0.6 is 11.6 Å². The lowest BCUT2D eigenvalue weighted by molar-refractivity contribution is 0.150. The molecule has 0 amide bonds. The molecule has 0 atom stereocenters. The molecular formula is C14H23ClN4. The Kier molecular flexibility index (Phi) is 5.55. The smallest absolute Gasteiger partial charge is 0.144 e. The van der Waals surface area contributed by atoms with Crippen LogP contribution in [0.3, 0.4) is 0 Å². The number of piperidine rings is 1. The van der Waals surface area contributed by atoms with Crippen LogP contribution in [0.25, 0.3) is 0 Å². The van der Waals surface area contributed by atoms with Crippen molar-refractivity contribution in [3.05, 3.63) is 22.7 Å². The van der Waals surface area contributed by atoms with Gasteiger partial charge in [0, 0.05) is 11.7 Å². The minimum atomic E-state index is 0.546. The van der Waals surface area contributed by atoms with Crippen molar-refractivity contribution in [2.75, 3.05) is 19.6 Å². The normalized spacial score (nSPS) is 17.1. The van der Waals surface area contributed by atoms with Crippen LogP contribution in [0.4, 0.5) is 0 Å². The highest BCUT2D eigenvalue weighted by Crippen LogP contribution is 2.16. The van der Waals surface area contributed by atoms with E-state index in [2.05, 4.69) is 27.1 Å². The molecule has 0 spiro atoms. The first kappa shape index (κ1) is 14.7. The van der Waals surface area contributed by atoms with E-state index >= 15 is 0 Å². The maximum atomic E-state index is 6.02. The molecule has 0 aromatic carbocycles. The van der Waals surface area contributed by atoms with Crippen molar-refractivity contribution in [1.82, 2.24) is 20.2 Å². The number of halogens is 1. The minimum Gasteiger partial charge on any atom is -0.317 e. The summed E-state index contributed by atoms with van der Waals surface area (Å²) in [7, 11) is 0. The van der Waals surface area contributed by atoms with Crippen LogP contribution in [0.1, 0.15) is 37.7 Å². The zero-order chi connectivity index (χ0) is 13.7. The molecular weight excluding hydrogens is 260 g/mol. The monoisotopic (exact) mass is 282 g/mol. The van der Waals surface area contributed by atoms with Crippen molar-refractivity contribution >= 4 is 11.6 Å². The molecule has 1 N–H and O–H groups in total. The lowest BCUT2D eigenvalue weighted by atomic mass is 10.0. The molecule has 19 heavy (non-hydrogen) atoms. The van der Waals surface area contributed by atoms with Crippen LogP contribution in [-0.4, -0.2) is 40.5 Å². The quantitative estimate of drug-likeness (QED) is 0.842. The van der Waals surface area contributed by atoms with Gasteiger partial charge < -0.3 is 5.32 Å². The number of nitrogens with one attached hydrogen (secondary N) is 1. The Morgan fingerprint density at radius 1 is 1.37 bits per heavy atom. The zero-order valence-corrected chi connectivity index (χ0v) is 12.6. The van der Waals surface area contributed by atoms with Gasteiger partial charge in [0.2, 0.25) is 0 Å². The lowest BCUT2D eigenvalue weighted by Crippen LogP contribution is -2.43. The van der Waals surface area contributed by atoms with E-state index in [-0.39, 0.29) is 0 Å². The molecule has 0 unspecified atom stereocenters. The summed E-state index contributed by atoms with van der Waals surface area (Å²) in [6.07, 6.45) is 3.57. The number of aryl methyl sites for hydroxylation is 1. The van der Waals surface area contributed by atoms with E-state index in [0.29, 0.717) is 11.2 Å². The van der Waals surface area contributed by atoms with Crippen LogP contribution in [0.15, 0.2) is 6.07 Å². The topological polar surface area (TPSA) is 41.1 Å². The highest BCUT2D eigenvalue weighted by atomic mass is 35.5. The van der Waals surface area contributed by atoms with Gasteiger partial charge in [0.1, 0.15) is 11.0 Å². The molecule has 0 saturated carbocycles. The molecule has 4 nitrogen and oxygen atoms in total. The summed E-state index contributed by atoms with van der Waals surface area (Å²) >= 11 is 6.02. The van der Waals surface area contributed by atoms with Gasteiger partial charge in [0.05, 0.1) is 6.54 Å². The number of hydrogen-bond acceptors (Lipinski definition) is 4. The summed E-state index contributed by atoms with van der Waals surface area (Å²) in [4.78, 5) is 11.4. The number of nitrogens with zero attached hydrogens (tertiary/aromatic N) is 3. The second-order valence-electron chi connectivity index (χ2n) is 5.20. The SMILES string of the molecule is CCCN(Cc1nc(C)cc(Cl)n1)C1CCNCC1. The minimum absolute atomic E-state index is 0.546. The fourth-order valence-electron chi connectivity index (χ4n) is 2.69. The highest BCUT2D eigenvalue weighted by molar-refractivity contribution is 6.29. The summed E-state index contributed by atoms with van der Waals surface area (Å²) in [6, 6.07) is 2.45. The number of hydrogen-bond donors (Lipinski definition) is 1. The third-order valence-electron chi connectivity index (χ3n) is 3.55. The summed E-state index contributed by atoms with van der Waals surface area (Å²) in [5, 5.41) is 3.96. The van der Waals surface area contributed by atoms with Gasteiger partial charge in [-0.3, -0.25) is 4.90 Å². The van der Waals surface area contributed by atoms with Crippen molar-refractivity contribution in [2.24, 2.45) is 0 Å². The Morgan fingerprint density at radius 2 is 2.11 bits per heavy atom. The van der Waals surface area contributed by atoms with Crippen LogP contribution in [-0.2, 0) is 6.54 Å². The molecule has 1 aromatic rings. The molecule has 1 aromatic heterocycles. The highest BCUT2D eigenvalue weighted by Gasteiger charge is 2.21. The third-order valence-corrected chi connectivity index (χ3v) is 3.74. The summed E-state index contributed by atoms with van der Waals surface area (Å²) < 4.78 is 0. The van der Waals surface area contributed by atoms with Crippen LogP contribution < -0.4 is 5.32 Å². The predicted molar refractivity (Wildman–Crippen MR) is 78.4 cm³/mol. The van der Waals surface area contributed by atoms with Gasteiger partial charge in [-0.05, 0) is 51.9 Å². The van der Waals surface area contributed by atoms with E-state index in [4.69, 9.17) is 11.6 Å². The Labute approximate surface area is 120 Å². The van der Waals surface area contributed by atoms with Gasteiger partial charge in [0.15, 0.2) is 0 Å². The summed E-state index contributed by atoms with van der Waals surface area (Å²) in [5.41, 5.74) is 0.941. The fraction of sp³-hybridized carbons (Fsp3) is 0.714. The van der Waals surface area contributed by atoms with Crippen molar-refractivity contribution in [3.63, 3.8) is 0 Å². The van der Waals surface area contributed by atoms with Gasteiger partial charge in [-0.15, -0.1) is 0 Å². The largest absolute Gasteiger partial charge is 0.317 e. The molecule has 106 valence electrons. The maximum Gasteiger partial charge on any atom is 0.144 e. The van der Waals surface area contributed by atoms with Gasteiger partial charge >= 0.3 is 0 Å². The van der Waals surface area contributed by atoms with Gasteiger partial charge in [-0.1, -0.05) is 18.5 Å². The molecule has 1 aliphatic heterocycles. The predicted octanol–water partition coefficient (Wildman–Crippen LogP) is 2.40. The third kappa shape index (κ3) is 4.41. The van der Waals surface area contributed by atoms with Crippen LogP contribution in [0, 0.1) is 6.92 Å². The van der Waals surface area contributed by atoms with Gasteiger partial charge in [0.25, 0.3) is 0 Å². The van der Waals surface area contributed by atoms with Crippen molar-refractivity contribution < 1.29 is 0 Å². The maximum absolute atomic E-state index is 6.02. The average molecular weight is 283 g/mol. The van der Waals surface area contributed by atoms with E-state index in [1.807, 2.05) is 6.92 Å². The second-order valence-corrected chi connectivity index (χ2v) is 5.59. The van der Waals surface area contributed by atoms with Gasteiger partial charge in [-0.2, -0.15) is 0 Å². The van der Waals surface area contributed by atoms with E-state index in [0.717, 1.165) is 44.1 Å². The molecule has 1 saturated heterocycles. The number of aromatic nitrogens is 2. The van der Waals surface area contributed by atoms with Crippen LogP contribution in [0.2, 0.25) is 5.15 Å². The lowest BCUT2D eigenvalue weighted by Gasteiger charge is -2.34. The first-order valence-electron chi connectivity index (χ1n) is 7.14. The first-order chi connectivity index (χ1) is 9.19. The fourth-order valence-corrected chi connectivity index (χ4v) is 2.95. The second kappa shape index (κ2) is 7.17. The Hall–Kier alpha value is -0.710. The summed E-state index contributed by atoms with van der Waals surface area (Å²) in [5.74, 6) is 0.844. The van der Waals surface area contributed by atoms with Crippen LogP contribution in [0.5, 0.6) is 0 Å². The van der Waals surface area contributed by atoms with E-state index in [1.54, 1.807) is 6.07 Å². The first-order valence-corrected chi connectivity index (χ1v) is 7.51. The molecule has 0 aliphatic carbocycles. The molecule has 0 radical (unpaired) electrons. The van der Waals surface area contributed by atoms with E-state index in [9.17, 15) is 0 Å². The molecule has 1 aliphatic rings. The van der Waals surface area contributed by atoms with Crippen molar-refractivity contribution in [2.45, 2.75) is 45.7 Å². The molecule has 0 bridgehead atoms. The zero-order valence-electron chi connectivity index (χ0n) is 11.8. The molecule has 2 rings (SSSR count). The average Bonchev–Trinajstić information content (AvgIpc) is 2.38. The van der Waals surface area contributed by atoms with Gasteiger partial charge in [-0.25, -0.2) is 9.97 Å². The Bertz CT molecular complexity index is 384. The Balaban J connectivity index is 2.06. The molecule has 2 heterocycles. The standard InChI is InChI=1S/C14H23ClN4/c1-3-8-19(12-4-6-16-7-5-12)10-14-17-11(2)9-13(15)18-14/h9,12,16H,3-8,10H2,1-2H3. The molecule has 1 fully saturated rings. The van der Waals surface area contributed by atoms with E-state index in [1.165, 1.54) is 12.8 Å².